The molecule has 0 amide bonds. The Morgan fingerprint density at radius 1 is 1.35 bits per heavy atom. The van der Waals surface area contributed by atoms with Gasteiger partial charge in [-0.3, -0.25) is 4.90 Å². The van der Waals surface area contributed by atoms with Crippen LogP contribution in [-0.4, -0.2) is 34.1 Å². The molecule has 5 nitrogen and oxygen atoms in total. The van der Waals surface area contributed by atoms with Crippen molar-refractivity contribution in [1.82, 2.24) is 9.88 Å². The molecule has 5 heteroatoms. The maximum atomic E-state index is 6.41. The lowest BCUT2D eigenvalue weighted by Crippen LogP contribution is -2.49. The molecule has 2 saturated heterocycles. The summed E-state index contributed by atoms with van der Waals surface area (Å²) in [5.41, 5.74) is 9.48. The Morgan fingerprint density at radius 3 is 2.96 bits per heavy atom. The number of nitrogens with zero attached hydrogens (tertiary/aromatic N) is 2. The van der Waals surface area contributed by atoms with Crippen LogP contribution in [0.5, 0.6) is 5.88 Å². The number of ether oxygens (including phenoxy) is 1. The average molecular weight is 309 g/mol. The minimum absolute atomic E-state index is 0.0106. The smallest absolute Gasteiger partial charge is 0.217 e. The second kappa shape index (κ2) is 3.79. The molecule has 5 heterocycles. The molecule has 2 aromatic rings. The average Bonchev–Trinajstić information content (AvgIpc) is 2.96. The zero-order valence-corrected chi connectivity index (χ0v) is 12.9. The predicted octanol–water partition coefficient (Wildman–Crippen LogP) is 1.95. The molecule has 1 aliphatic carbocycles. The zero-order valence-electron chi connectivity index (χ0n) is 12.9. The van der Waals surface area contributed by atoms with Crippen LogP contribution in [-0.2, 0) is 13.0 Å². The van der Waals surface area contributed by atoms with Crippen LogP contribution in [0.4, 0.5) is 0 Å². The van der Waals surface area contributed by atoms with Gasteiger partial charge in [0.15, 0.2) is 0 Å². The van der Waals surface area contributed by atoms with E-state index < -0.39 is 0 Å². The number of pyridine rings is 1. The van der Waals surface area contributed by atoms with Crippen LogP contribution in [0, 0.1) is 5.92 Å². The highest BCUT2D eigenvalue weighted by atomic mass is 16.5. The summed E-state index contributed by atoms with van der Waals surface area (Å²) in [5.74, 6) is 2.34. The summed E-state index contributed by atoms with van der Waals surface area (Å²) >= 11 is 0. The lowest BCUT2D eigenvalue weighted by Gasteiger charge is -2.39. The molecule has 3 atom stereocenters. The first-order valence-corrected chi connectivity index (χ1v) is 8.43. The van der Waals surface area contributed by atoms with E-state index in [0.717, 1.165) is 35.7 Å². The third-order valence-corrected chi connectivity index (χ3v) is 6.49. The zero-order chi connectivity index (χ0) is 15.2. The van der Waals surface area contributed by atoms with E-state index in [1.54, 1.807) is 6.26 Å². The van der Waals surface area contributed by atoms with Crippen LogP contribution < -0.4 is 10.5 Å². The first-order valence-electron chi connectivity index (χ1n) is 8.43. The number of aromatic nitrogens is 1. The van der Waals surface area contributed by atoms with Crippen molar-refractivity contribution < 1.29 is 9.15 Å². The van der Waals surface area contributed by atoms with Crippen molar-refractivity contribution in [2.24, 2.45) is 11.7 Å². The maximum absolute atomic E-state index is 6.41. The van der Waals surface area contributed by atoms with Crippen LogP contribution >= 0.6 is 0 Å². The van der Waals surface area contributed by atoms with E-state index in [-0.39, 0.29) is 5.60 Å². The van der Waals surface area contributed by atoms with Gasteiger partial charge in [0.1, 0.15) is 11.4 Å². The fraction of sp³-hybridized carbons (Fsp3) is 0.500. The highest BCUT2D eigenvalue weighted by Crippen LogP contribution is 2.68. The number of hydrogen-bond acceptors (Lipinski definition) is 5. The summed E-state index contributed by atoms with van der Waals surface area (Å²) in [6, 6.07) is 4.21. The summed E-state index contributed by atoms with van der Waals surface area (Å²) < 4.78 is 11.9. The van der Waals surface area contributed by atoms with Crippen molar-refractivity contribution in [2.75, 3.05) is 13.1 Å². The summed E-state index contributed by atoms with van der Waals surface area (Å²) in [6.45, 7) is 2.74. The molecule has 2 spiro atoms. The normalized spacial score (nSPS) is 36.3. The molecular formula is C18H19N3O2. The summed E-state index contributed by atoms with van der Waals surface area (Å²) in [7, 11) is 0. The highest BCUT2D eigenvalue weighted by Gasteiger charge is 2.77. The lowest BCUT2D eigenvalue weighted by atomic mass is 9.92. The first-order chi connectivity index (χ1) is 11.2. The van der Waals surface area contributed by atoms with Gasteiger partial charge in [-0.15, -0.1) is 0 Å². The number of piperidine rings is 1. The Hall–Kier alpha value is -1.85. The molecule has 23 heavy (non-hydrogen) atoms. The van der Waals surface area contributed by atoms with E-state index in [9.17, 15) is 0 Å². The molecule has 0 aromatic carbocycles. The van der Waals surface area contributed by atoms with Gasteiger partial charge >= 0.3 is 0 Å². The maximum Gasteiger partial charge on any atom is 0.217 e. The third kappa shape index (κ3) is 1.43. The molecule has 118 valence electrons. The molecule has 3 fully saturated rings. The second-order valence-corrected chi connectivity index (χ2v) is 7.57. The minimum atomic E-state index is -0.0106. The third-order valence-electron chi connectivity index (χ3n) is 6.49. The van der Waals surface area contributed by atoms with E-state index in [1.807, 2.05) is 12.3 Å². The molecule has 3 aliphatic heterocycles. The van der Waals surface area contributed by atoms with E-state index in [1.165, 1.54) is 24.9 Å². The number of rotatable bonds is 2. The van der Waals surface area contributed by atoms with Crippen molar-refractivity contribution in [1.29, 1.82) is 0 Å². The molecule has 2 unspecified atom stereocenters. The topological polar surface area (TPSA) is 64.5 Å². The monoisotopic (exact) mass is 309 g/mol. The minimum Gasteiger partial charge on any atom is -0.469 e. The van der Waals surface area contributed by atoms with Crippen LogP contribution in [0.25, 0.3) is 11.1 Å². The van der Waals surface area contributed by atoms with Crippen molar-refractivity contribution in [2.45, 2.75) is 36.9 Å². The van der Waals surface area contributed by atoms with Gasteiger partial charge in [0, 0.05) is 53.9 Å². The van der Waals surface area contributed by atoms with Gasteiger partial charge < -0.3 is 14.9 Å². The van der Waals surface area contributed by atoms with Crippen LogP contribution in [0.2, 0.25) is 0 Å². The fourth-order valence-corrected chi connectivity index (χ4v) is 5.17. The number of nitrogens with two attached hydrogens (primary N) is 1. The summed E-state index contributed by atoms with van der Waals surface area (Å²) in [4.78, 5) is 7.23. The van der Waals surface area contributed by atoms with Crippen molar-refractivity contribution in [3.63, 3.8) is 0 Å². The second-order valence-electron chi connectivity index (χ2n) is 7.57. The van der Waals surface area contributed by atoms with E-state index in [2.05, 4.69) is 16.0 Å². The molecule has 2 aromatic heterocycles. The summed E-state index contributed by atoms with van der Waals surface area (Å²) in [6.07, 6.45) is 7.31. The van der Waals surface area contributed by atoms with Gasteiger partial charge in [-0.2, -0.15) is 0 Å². The van der Waals surface area contributed by atoms with Gasteiger partial charge in [0.05, 0.1) is 12.8 Å². The number of furan rings is 1. The molecule has 6 rings (SSSR count). The number of hydrogen-bond donors (Lipinski definition) is 1. The lowest BCUT2D eigenvalue weighted by molar-refractivity contribution is 0.0450. The molecule has 4 aliphatic rings. The molecule has 0 bridgehead atoms. The van der Waals surface area contributed by atoms with E-state index >= 15 is 0 Å². The molecule has 1 saturated carbocycles. The Kier molecular flexibility index (Phi) is 2.07. The SMILES string of the molecule is NCc1cc(-c2cnc3c(c2)C[C@@]2(CN4CCC45CC52)O3)co1. The molecule has 2 N–H and O–H groups in total. The quantitative estimate of drug-likeness (QED) is 0.918. The first kappa shape index (κ1) is 12.6. The molecule has 0 radical (unpaired) electrons. The highest BCUT2D eigenvalue weighted by molar-refractivity contribution is 5.64. The van der Waals surface area contributed by atoms with Crippen molar-refractivity contribution >= 4 is 0 Å². The van der Waals surface area contributed by atoms with Crippen LogP contribution in [0.1, 0.15) is 24.2 Å². The largest absolute Gasteiger partial charge is 0.469 e. The van der Waals surface area contributed by atoms with Gasteiger partial charge in [-0.1, -0.05) is 0 Å². The van der Waals surface area contributed by atoms with Gasteiger partial charge in [0.25, 0.3) is 0 Å². The number of fused-ring (bicyclic) bond motifs is 2. The Bertz CT molecular complexity index is 831. The fourth-order valence-electron chi connectivity index (χ4n) is 5.17. The van der Waals surface area contributed by atoms with E-state index in [0.29, 0.717) is 18.0 Å². The van der Waals surface area contributed by atoms with Crippen molar-refractivity contribution in [3.8, 4) is 17.0 Å². The van der Waals surface area contributed by atoms with Gasteiger partial charge in [0.2, 0.25) is 5.88 Å². The van der Waals surface area contributed by atoms with Gasteiger partial charge in [-0.25, -0.2) is 4.98 Å². The Morgan fingerprint density at radius 2 is 2.30 bits per heavy atom. The van der Waals surface area contributed by atoms with Crippen molar-refractivity contribution in [3.05, 3.63) is 35.9 Å². The van der Waals surface area contributed by atoms with E-state index in [4.69, 9.17) is 14.9 Å². The van der Waals surface area contributed by atoms with Crippen LogP contribution in [0.3, 0.4) is 0 Å². The standard InChI is InChI=1S/C18H19N3O2/c19-7-14-4-13(9-22-14)12-3-11-5-18(23-16(11)20-8-12)10-21-2-1-17(21)6-15(17)18/h3-4,8-9,15H,1-2,5-7,10,19H2/t15?,17?,18-/m0/s1. The summed E-state index contributed by atoms with van der Waals surface area (Å²) in [5, 5.41) is 0. The van der Waals surface area contributed by atoms with Gasteiger partial charge in [-0.05, 0) is 25.0 Å². The Balaban J connectivity index is 1.35. The Labute approximate surface area is 134 Å². The van der Waals surface area contributed by atoms with Crippen LogP contribution in [0.15, 0.2) is 29.0 Å². The molecular weight excluding hydrogens is 290 g/mol. The predicted molar refractivity (Wildman–Crippen MR) is 83.9 cm³/mol.